The molecule has 0 aliphatic carbocycles. The molecule has 0 spiro atoms. The minimum absolute atomic E-state index is 0.116. The summed E-state index contributed by atoms with van der Waals surface area (Å²) in [7, 11) is 0. The minimum Gasteiger partial charge on any atom is -0.294 e. The van der Waals surface area contributed by atoms with Crippen molar-refractivity contribution in [2.75, 3.05) is 0 Å². The van der Waals surface area contributed by atoms with Crippen molar-refractivity contribution >= 4 is 40.8 Å². The maximum absolute atomic E-state index is 12.6. The van der Waals surface area contributed by atoms with E-state index in [-0.39, 0.29) is 12.2 Å². The van der Waals surface area contributed by atoms with Gasteiger partial charge in [-0.2, -0.15) is 5.10 Å². The van der Waals surface area contributed by atoms with Gasteiger partial charge in [0.2, 0.25) is 0 Å². The summed E-state index contributed by atoms with van der Waals surface area (Å²) >= 11 is 12.0. The molecular formula is C18H13Cl2N3O. The summed E-state index contributed by atoms with van der Waals surface area (Å²) in [5.41, 5.74) is 2.10. The number of hydrogen-bond acceptors (Lipinski definition) is 3. The Hall–Kier alpha value is -2.43. The fraction of sp³-hybridized carbons (Fsp3) is 0.0556. The highest BCUT2D eigenvalue weighted by Gasteiger charge is 2.14. The first kappa shape index (κ1) is 16.4. The number of nitrogens with zero attached hydrogens (tertiary/aromatic N) is 3. The third-order valence-electron chi connectivity index (χ3n) is 3.42. The van der Waals surface area contributed by atoms with Crippen molar-refractivity contribution < 1.29 is 4.79 Å². The van der Waals surface area contributed by atoms with Gasteiger partial charge in [-0.1, -0.05) is 53.5 Å². The summed E-state index contributed by atoms with van der Waals surface area (Å²) in [5, 5.41) is 4.96. The predicted octanol–water partition coefficient (Wildman–Crippen LogP) is 4.86. The molecule has 0 atom stereocenters. The molecule has 3 rings (SSSR count). The first-order valence-corrected chi connectivity index (χ1v) is 7.98. The lowest BCUT2D eigenvalue weighted by Gasteiger charge is -2.08. The molecule has 0 fully saturated rings. The largest absolute Gasteiger partial charge is 0.294 e. The van der Waals surface area contributed by atoms with Crippen molar-refractivity contribution in [3.8, 4) is 0 Å². The Bertz CT molecular complexity index is 875. The third kappa shape index (κ3) is 3.91. The molecule has 120 valence electrons. The van der Waals surface area contributed by atoms with Crippen LogP contribution in [-0.2, 0) is 0 Å². The van der Waals surface area contributed by atoms with Crippen LogP contribution < -0.4 is 0 Å². The van der Waals surface area contributed by atoms with Crippen LogP contribution in [0.25, 0.3) is 11.8 Å². The SMILES string of the molecule is O=C(CC(=Cc1ccccc1)n1cncn1)c1ccc(Cl)cc1Cl. The zero-order valence-corrected chi connectivity index (χ0v) is 14.1. The highest BCUT2D eigenvalue weighted by atomic mass is 35.5. The number of allylic oxidation sites excluding steroid dienone is 1. The predicted molar refractivity (Wildman–Crippen MR) is 96.0 cm³/mol. The number of benzene rings is 2. The Morgan fingerprint density at radius 3 is 2.58 bits per heavy atom. The van der Waals surface area contributed by atoms with Crippen LogP contribution in [0.5, 0.6) is 0 Å². The van der Waals surface area contributed by atoms with Gasteiger partial charge in [0.05, 0.1) is 17.1 Å². The molecule has 1 heterocycles. The lowest BCUT2D eigenvalue weighted by Crippen LogP contribution is -2.06. The topological polar surface area (TPSA) is 47.8 Å². The number of halogens is 2. The molecule has 0 saturated carbocycles. The van der Waals surface area contributed by atoms with Crippen molar-refractivity contribution in [3.63, 3.8) is 0 Å². The third-order valence-corrected chi connectivity index (χ3v) is 3.97. The van der Waals surface area contributed by atoms with Gasteiger partial charge >= 0.3 is 0 Å². The van der Waals surface area contributed by atoms with E-state index in [4.69, 9.17) is 23.2 Å². The van der Waals surface area contributed by atoms with Crippen molar-refractivity contribution in [1.82, 2.24) is 14.8 Å². The molecule has 6 heteroatoms. The lowest BCUT2D eigenvalue weighted by atomic mass is 10.0. The maximum Gasteiger partial charge on any atom is 0.170 e. The number of hydrogen-bond donors (Lipinski definition) is 0. The van der Waals surface area contributed by atoms with Gasteiger partial charge in [0.25, 0.3) is 0 Å². The summed E-state index contributed by atoms with van der Waals surface area (Å²) in [6.07, 6.45) is 5.03. The monoisotopic (exact) mass is 357 g/mol. The maximum atomic E-state index is 12.6. The Kier molecular flexibility index (Phi) is 5.08. The van der Waals surface area contributed by atoms with E-state index in [1.807, 2.05) is 36.4 Å². The number of carbonyl (C=O) groups excluding carboxylic acids is 1. The number of rotatable bonds is 5. The van der Waals surface area contributed by atoms with E-state index in [1.54, 1.807) is 29.2 Å². The first-order valence-electron chi connectivity index (χ1n) is 7.22. The average Bonchev–Trinajstić information content (AvgIpc) is 3.09. The second-order valence-corrected chi connectivity index (χ2v) is 5.95. The number of aromatic nitrogens is 3. The molecule has 0 unspecified atom stereocenters. The van der Waals surface area contributed by atoms with Gasteiger partial charge in [-0.15, -0.1) is 0 Å². The molecule has 4 nitrogen and oxygen atoms in total. The van der Waals surface area contributed by atoms with Crippen LogP contribution in [0, 0.1) is 0 Å². The van der Waals surface area contributed by atoms with E-state index in [9.17, 15) is 4.79 Å². The molecule has 0 amide bonds. The van der Waals surface area contributed by atoms with E-state index in [0.717, 1.165) is 5.56 Å². The normalized spacial score (nSPS) is 11.5. The Morgan fingerprint density at radius 1 is 1.12 bits per heavy atom. The van der Waals surface area contributed by atoms with E-state index in [1.165, 1.54) is 6.33 Å². The van der Waals surface area contributed by atoms with Crippen LogP contribution in [0.4, 0.5) is 0 Å². The molecular weight excluding hydrogens is 345 g/mol. The van der Waals surface area contributed by atoms with Crippen molar-refractivity contribution in [2.24, 2.45) is 0 Å². The van der Waals surface area contributed by atoms with Gasteiger partial charge in [-0.25, -0.2) is 9.67 Å². The summed E-state index contributed by atoms with van der Waals surface area (Å²) < 4.78 is 1.58. The smallest absolute Gasteiger partial charge is 0.170 e. The molecule has 0 aliphatic heterocycles. The van der Waals surface area contributed by atoms with Crippen molar-refractivity contribution in [2.45, 2.75) is 6.42 Å². The van der Waals surface area contributed by atoms with Crippen LogP contribution in [0.3, 0.4) is 0 Å². The van der Waals surface area contributed by atoms with E-state index in [0.29, 0.717) is 21.3 Å². The van der Waals surface area contributed by atoms with Gasteiger partial charge in [-0.05, 0) is 29.8 Å². The Balaban J connectivity index is 1.92. The molecule has 24 heavy (non-hydrogen) atoms. The average molecular weight is 358 g/mol. The van der Waals surface area contributed by atoms with Crippen LogP contribution in [-0.4, -0.2) is 20.5 Å². The Morgan fingerprint density at radius 2 is 1.92 bits per heavy atom. The number of ketones is 1. The van der Waals surface area contributed by atoms with Gasteiger partial charge in [0.15, 0.2) is 5.78 Å². The van der Waals surface area contributed by atoms with Gasteiger partial charge in [0.1, 0.15) is 12.7 Å². The summed E-state index contributed by atoms with van der Waals surface area (Å²) in [5.74, 6) is -0.116. The highest BCUT2D eigenvalue weighted by Crippen LogP contribution is 2.24. The molecule has 0 radical (unpaired) electrons. The second-order valence-electron chi connectivity index (χ2n) is 5.11. The second kappa shape index (κ2) is 7.43. The first-order chi connectivity index (χ1) is 11.6. The quantitative estimate of drug-likeness (QED) is 0.612. The summed E-state index contributed by atoms with van der Waals surface area (Å²) in [4.78, 5) is 16.6. The van der Waals surface area contributed by atoms with Gasteiger partial charge in [-0.3, -0.25) is 4.79 Å². The summed E-state index contributed by atoms with van der Waals surface area (Å²) in [6.45, 7) is 0. The molecule has 0 bridgehead atoms. The Labute approximate surface area is 149 Å². The zero-order chi connectivity index (χ0) is 16.9. The fourth-order valence-electron chi connectivity index (χ4n) is 2.27. The summed E-state index contributed by atoms with van der Waals surface area (Å²) in [6, 6.07) is 14.6. The molecule has 1 aromatic heterocycles. The lowest BCUT2D eigenvalue weighted by molar-refractivity contribution is 0.0997. The van der Waals surface area contributed by atoms with Gasteiger partial charge in [0, 0.05) is 10.6 Å². The minimum atomic E-state index is -0.116. The molecule has 0 N–H and O–H groups in total. The van der Waals surface area contributed by atoms with Crippen LogP contribution >= 0.6 is 23.2 Å². The zero-order valence-electron chi connectivity index (χ0n) is 12.6. The van der Waals surface area contributed by atoms with Crippen LogP contribution in [0.2, 0.25) is 10.0 Å². The van der Waals surface area contributed by atoms with Gasteiger partial charge < -0.3 is 0 Å². The number of carbonyl (C=O) groups is 1. The van der Waals surface area contributed by atoms with Crippen molar-refractivity contribution in [3.05, 3.63) is 82.4 Å². The fourth-order valence-corrected chi connectivity index (χ4v) is 2.79. The van der Waals surface area contributed by atoms with E-state index in [2.05, 4.69) is 10.1 Å². The van der Waals surface area contributed by atoms with E-state index >= 15 is 0 Å². The molecule has 0 saturated heterocycles. The van der Waals surface area contributed by atoms with E-state index < -0.39 is 0 Å². The van der Waals surface area contributed by atoms with Crippen molar-refractivity contribution in [1.29, 1.82) is 0 Å². The highest BCUT2D eigenvalue weighted by molar-refractivity contribution is 6.37. The van der Waals surface area contributed by atoms with Crippen LogP contribution in [0.15, 0.2) is 61.2 Å². The molecule has 3 aromatic rings. The van der Waals surface area contributed by atoms with Crippen LogP contribution in [0.1, 0.15) is 22.3 Å². The number of Topliss-reactive ketones (excluding diaryl/α,β-unsaturated/α-hetero) is 1. The molecule has 0 aliphatic rings. The molecule has 2 aromatic carbocycles. The standard InChI is InChI=1S/C18H13Cl2N3O/c19-14-6-7-16(17(20)9-14)18(24)10-15(23-12-21-11-22-23)8-13-4-2-1-3-5-13/h1-9,11-12H,10H2.